The number of amides is 1. The number of aromatic amines is 1. The molecule has 0 fully saturated rings. The summed E-state index contributed by atoms with van der Waals surface area (Å²) in [5, 5.41) is 19.9. The second kappa shape index (κ2) is 7.58. The van der Waals surface area contributed by atoms with Crippen molar-refractivity contribution in [1.29, 1.82) is 0 Å². The average Bonchev–Trinajstić information content (AvgIpc) is 2.87. The Labute approximate surface area is 135 Å². The molecule has 0 saturated heterocycles. The third-order valence-electron chi connectivity index (χ3n) is 2.86. The Hall–Kier alpha value is -2.62. The van der Waals surface area contributed by atoms with Crippen LogP contribution in [0.2, 0.25) is 0 Å². The number of nitrogens with zero attached hydrogens (tertiary/aromatic N) is 3. The SMILES string of the molecule is CCCn1c(SCC(=O)Nc2ccc([N+](=O)[O-])cc2)n[nH]c1=O. The Kier molecular flexibility index (Phi) is 5.52. The van der Waals surface area contributed by atoms with Gasteiger partial charge in [-0.25, -0.2) is 9.89 Å². The molecule has 1 heterocycles. The standard InChI is InChI=1S/C13H15N5O4S/c1-2-7-17-12(20)15-16-13(17)23-8-11(19)14-9-3-5-10(6-4-9)18(21)22/h3-6H,2,7-8H2,1H3,(H,14,19)(H,15,20). The molecule has 0 aliphatic heterocycles. The van der Waals surface area contributed by atoms with E-state index in [1.165, 1.54) is 28.8 Å². The molecule has 23 heavy (non-hydrogen) atoms. The molecule has 10 heteroatoms. The first-order valence-electron chi connectivity index (χ1n) is 6.83. The third kappa shape index (κ3) is 4.42. The Bertz CT molecular complexity index is 752. The second-order valence-corrected chi connectivity index (χ2v) is 5.55. The van der Waals surface area contributed by atoms with Crippen LogP contribution in [0.3, 0.4) is 0 Å². The molecule has 122 valence electrons. The quantitative estimate of drug-likeness (QED) is 0.449. The van der Waals surface area contributed by atoms with E-state index >= 15 is 0 Å². The molecule has 0 bridgehead atoms. The Morgan fingerprint density at radius 1 is 1.43 bits per heavy atom. The van der Waals surface area contributed by atoms with Crippen LogP contribution in [0.25, 0.3) is 0 Å². The molecule has 1 aromatic carbocycles. The fourth-order valence-electron chi connectivity index (χ4n) is 1.83. The lowest BCUT2D eigenvalue weighted by atomic mass is 10.3. The van der Waals surface area contributed by atoms with Gasteiger partial charge in [-0.15, -0.1) is 5.10 Å². The number of H-pyrrole nitrogens is 1. The molecular formula is C13H15N5O4S. The summed E-state index contributed by atoms with van der Waals surface area (Å²) < 4.78 is 1.48. The van der Waals surface area contributed by atoms with Gasteiger partial charge in [0.25, 0.3) is 5.69 Å². The molecule has 0 saturated carbocycles. The largest absolute Gasteiger partial charge is 0.343 e. The van der Waals surface area contributed by atoms with Gasteiger partial charge in [0.15, 0.2) is 5.16 Å². The number of aromatic nitrogens is 3. The molecule has 0 aliphatic rings. The smallest absolute Gasteiger partial charge is 0.325 e. The first-order valence-corrected chi connectivity index (χ1v) is 7.82. The second-order valence-electron chi connectivity index (χ2n) is 4.60. The van der Waals surface area contributed by atoms with E-state index in [2.05, 4.69) is 15.5 Å². The van der Waals surface area contributed by atoms with Gasteiger partial charge in [-0.05, 0) is 18.6 Å². The molecule has 0 unspecified atom stereocenters. The minimum absolute atomic E-state index is 0.0440. The highest BCUT2D eigenvalue weighted by Gasteiger charge is 2.11. The van der Waals surface area contributed by atoms with Gasteiger partial charge in [0.05, 0.1) is 10.7 Å². The molecule has 0 aliphatic carbocycles. The number of rotatable bonds is 7. The molecule has 0 radical (unpaired) electrons. The average molecular weight is 337 g/mol. The summed E-state index contributed by atoms with van der Waals surface area (Å²) >= 11 is 1.14. The lowest BCUT2D eigenvalue weighted by Crippen LogP contribution is -2.18. The number of anilines is 1. The van der Waals surface area contributed by atoms with Crippen molar-refractivity contribution in [2.24, 2.45) is 0 Å². The van der Waals surface area contributed by atoms with E-state index in [0.29, 0.717) is 17.4 Å². The van der Waals surface area contributed by atoms with Crippen molar-refractivity contribution in [2.75, 3.05) is 11.1 Å². The van der Waals surface area contributed by atoms with Crippen molar-refractivity contribution < 1.29 is 9.72 Å². The summed E-state index contributed by atoms with van der Waals surface area (Å²) in [4.78, 5) is 33.5. The van der Waals surface area contributed by atoms with E-state index < -0.39 is 4.92 Å². The van der Waals surface area contributed by atoms with E-state index in [0.717, 1.165) is 18.2 Å². The van der Waals surface area contributed by atoms with E-state index in [1.54, 1.807) is 0 Å². The number of non-ortho nitro benzene ring substituents is 1. The van der Waals surface area contributed by atoms with Gasteiger partial charge in [-0.3, -0.25) is 19.5 Å². The zero-order valence-corrected chi connectivity index (χ0v) is 13.1. The van der Waals surface area contributed by atoms with Crippen LogP contribution < -0.4 is 11.0 Å². The highest BCUT2D eigenvalue weighted by atomic mass is 32.2. The summed E-state index contributed by atoms with van der Waals surface area (Å²) in [7, 11) is 0. The van der Waals surface area contributed by atoms with Crippen LogP contribution in [-0.2, 0) is 11.3 Å². The zero-order valence-electron chi connectivity index (χ0n) is 12.3. The summed E-state index contributed by atoms with van der Waals surface area (Å²) in [5.74, 6) is -0.215. The lowest BCUT2D eigenvalue weighted by Gasteiger charge is -2.05. The van der Waals surface area contributed by atoms with Crippen molar-refractivity contribution in [2.45, 2.75) is 25.0 Å². The minimum Gasteiger partial charge on any atom is -0.325 e. The van der Waals surface area contributed by atoms with E-state index in [4.69, 9.17) is 0 Å². The van der Waals surface area contributed by atoms with Gasteiger partial charge >= 0.3 is 5.69 Å². The molecule has 2 aromatic rings. The first-order chi connectivity index (χ1) is 11.0. The minimum atomic E-state index is -0.508. The number of nitro benzene ring substituents is 1. The van der Waals surface area contributed by atoms with E-state index in [1.807, 2.05) is 6.92 Å². The Morgan fingerprint density at radius 3 is 2.74 bits per heavy atom. The van der Waals surface area contributed by atoms with Crippen LogP contribution in [0.1, 0.15) is 13.3 Å². The van der Waals surface area contributed by atoms with Crippen LogP contribution in [0.4, 0.5) is 11.4 Å². The van der Waals surface area contributed by atoms with Crippen molar-refractivity contribution >= 4 is 29.0 Å². The Morgan fingerprint density at radius 2 is 2.13 bits per heavy atom. The summed E-state index contributed by atoms with van der Waals surface area (Å²) in [6, 6.07) is 5.55. The first kappa shape index (κ1) is 16.7. The maximum atomic E-state index is 11.9. The molecule has 1 aromatic heterocycles. The van der Waals surface area contributed by atoms with Crippen LogP contribution in [-0.4, -0.2) is 31.3 Å². The van der Waals surface area contributed by atoms with Crippen LogP contribution in [0, 0.1) is 10.1 Å². The van der Waals surface area contributed by atoms with Crippen molar-refractivity contribution in [1.82, 2.24) is 14.8 Å². The van der Waals surface area contributed by atoms with Crippen LogP contribution in [0.15, 0.2) is 34.2 Å². The summed E-state index contributed by atoms with van der Waals surface area (Å²) in [6.07, 6.45) is 0.780. The molecule has 2 N–H and O–H groups in total. The van der Waals surface area contributed by atoms with Crippen LogP contribution in [0.5, 0.6) is 0 Å². The topological polar surface area (TPSA) is 123 Å². The van der Waals surface area contributed by atoms with Gasteiger partial charge < -0.3 is 5.32 Å². The number of benzene rings is 1. The predicted octanol–water partition coefficient (Wildman–Crippen LogP) is 1.62. The maximum Gasteiger partial charge on any atom is 0.343 e. The number of hydrogen-bond acceptors (Lipinski definition) is 6. The van der Waals surface area contributed by atoms with Crippen molar-refractivity contribution in [3.8, 4) is 0 Å². The molecule has 9 nitrogen and oxygen atoms in total. The van der Waals surface area contributed by atoms with E-state index in [9.17, 15) is 19.7 Å². The zero-order chi connectivity index (χ0) is 16.8. The molecule has 2 rings (SSSR count). The molecule has 1 amide bonds. The van der Waals surface area contributed by atoms with Gasteiger partial charge in [0, 0.05) is 24.4 Å². The predicted molar refractivity (Wildman–Crippen MR) is 85.6 cm³/mol. The van der Waals surface area contributed by atoms with Gasteiger partial charge in [-0.1, -0.05) is 18.7 Å². The monoisotopic (exact) mass is 337 g/mol. The number of nitro groups is 1. The normalized spacial score (nSPS) is 10.5. The van der Waals surface area contributed by atoms with Gasteiger partial charge in [-0.2, -0.15) is 0 Å². The molecule has 0 spiro atoms. The molecular weight excluding hydrogens is 322 g/mol. The van der Waals surface area contributed by atoms with Crippen LogP contribution >= 0.6 is 11.8 Å². The fourth-order valence-corrected chi connectivity index (χ4v) is 2.60. The van der Waals surface area contributed by atoms with Gasteiger partial charge in [0.2, 0.25) is 5.91 Å². The highest BCUT2D eigenvalue weighted by molar-refractivity contribution is 7.99. The maximum absolute atomic E-state index is 11.9. The number of thioether (sulfide) groups is 1. The highest BCUT2D eigenvalue weighted by Crippen LogP contribution is 2.17. The van der Waals surface area contributed by atoms with Gasteiger partial charge in [0.1, 0.15) is 0 Å². The number of nitrogens with one attached hydrogen (secondary N) is 2. The summed E-state index contributed by atoms with van der Waals surface area (Å²) in [5.41, 5.74) is 0.122. The van der Waals surface area contributed by atoms with Crippen molar-refractivity contribution in [3.05, 3.63) is 44.9 Å². The number of carbonyl (C=O) groups is 1. The summed E-state index contributed by atoms with van der Waals surface area (Å²) in [6.45, 7) is 2.47. The number of carbonyl (C=O) groups excluding carboxylic acids is 1. The Balaban J connectivity index is 1.92. The van der Waals surface area contributed by atoms with E-state index in [-0.39, 0.29) is 23.0 Å². The third-order valence-corrected chi connectivity index (χ3v) is 3.84. The number of hydrogen-bond donors (Lipinski definition) is 2. The lowest BCUT2D eigenvalue weighted by molar-refractivity contribution is -0.384. The fraction of sp³-hybridized carbons (Fsp3) is 0.308. The molecule has 0 atom stereocenters. The van der Waals surface area contributed by atoms with Crippen molar-refractivity contribution in [3.63, 3.8) is 0 Å².